The van der Waals surface area contributed by atoms with Gasteiger partial charge >= 0.3 is 0 Å². The number of H-pyrrole nitrogens is 1. The summed E-state index contributed by atoms with van der Waals surface area (Å²) in [6.45, 7) is 4.22. The molecule has 0 unspecified atom stereocenters. The maximum atomic E-state index is 5.96. The van der Waals surface area contributed by atoms with Crippen LogP contribution in [0.1, 0.15) is 50.0 Å². The van der Waals surface area contributed by atoms with Crippen LogP contribution in [0.5, 0.6) is 0 Å². The van der Waals surface area contributed by atoms with Crippen LogP contribution >= 0.6 is 0 Å². The molecule has 3 rings (SSSR count). The minimum absolute atomic E-state index is 0.362. The molecular formula is C17H28N6O. The molecule has 1 aliphatic rings. The molecule has 0 radical (unpaired) electrons. The molecule has 0 spiro atoms. The zero-order valence-corrected chi connectivity index (χ0v) is 14.6. The summed E-state index contributed by atoms with van der Waals surface area (Å²) in [6, 6.07) is 0. The lowest BCUT2D eigenvalue weighted by Crippen LogP contribution is -2.20. The van der Waals surface area contributed by atoms with Gasteiger partial charge in [0.15, 0.2) is 17.2 Å². The molecule has 0 aliphatic carbocycles. The van der Waals surface area contributed by atoms with Gasteiger partial charge in [0, 0.05) is 7.11 Å². The third-order valence-electron chi connectivity index (χ3n) is 4.67. The number of nitrogens with zero attached hydrogens (tertiary/aromatic N) is 4. The quantitative estimate of drug-likeness (QED) is 0.684. The summed E-state index contributed by atoms with van der Waals surface area (Å²) in [5.74, 6) is 1.02. The highest BCUT2D eigenvalue weighted by Crippen LogP contribution is 2.20. The van der Waals surface area contributed by atoms with E-state index in [2.05, 4.69) is 25.1 Å². The third kappa shape index (κ3) is 4.21. The Morgan fingerprint density at radius 3 is 2.67 bits per heavy atom. The molecule has 0 aromatic carbocycles. The Kier molecular flexibility index (Phi) is 5.98. The number of methoxy groups -OCH3 is 1. The molecule has 24 heavy (non-hydrogen) atoms. The lowest BCUT2D eigenvalue weighted by molar-refractivity contribution is 0.178. The molecule has 2 aromatic heterocycles. The SMILES string of the molecule is COCc1nc(N)c2n[nH]c(CCCCCCN3CCCC3)c2n1. The maximum absolute atomic E-state index is 5.96. The van der Waals surface area contributed by atoms with Crippen LogP contribution in [-0.2, 0) is 17.8 Å². The number of likely N-dealkylation sites (tertiary alicyclic amines) is 1. The Balaban J connectivity index is 1.47. The van der Waals surface area contributed by atoms with E-state index in [9.17, 15) is 0 Å². The summed E-state index contributed by atoms with van der Waals surface area (Å²) in [4.78, 5) is 11.3. The highest BCUT2D eigenvalue weighted by Gasteiger charge is 2.13. The molecule has 0 amide bonds. The Bertz CT molecular complexity index is 650. The van der Waals surface area contributed by atoms with Gasteiger partial charge in [0.05, 0.1) is 5.69 Å². The molecule has 7 heteroatoms. The van der Waals surface area contributed by atoms with Gasteiger partial charge in [-0.25, -0.2) is 9.97 Å². The van der Waals surface area contributed by atoms with Gasteiger partial charge in [0.25, 0.3) is 0 Å². The third-order valence-corrected chi connectivity index (χ3v) is 4.67. The first-order valence-corrected chi connectivity index (χ1v) is 8.98. The molecule has 1 saturated heterocycles. The van der Waals surface area contributed by atoms with Gasteiger partial charge in [-0.2, -0.15) is 5.10 Å². The van der Waals surface area contributed by atoms with E-state index in [0.717, 1.165) is 24.1 Å². The summed E-state index contributed by atoms with van der Waals surface area (Å²) in [5, 5.41) is 7.34. The van der Waals surface area contributed by atoms with E-state index in [1.807, 2.05) is 0 Å². The summed E-state index contributed by atoms with van der Waals surface area (Å²) in [7, 11) is 1.63. The van der Waals surface area contributed by atoms with Crippen molar-refractivity contribution in [2.45, 2.75) is 51.6 Å². The predicted octanol–water partition coefficient (Wildman–Crippen LogP) is 2.28. The van der Waals surface area contributed by atoms with Crippen LogP contribution in [-0.4, -0.2) is 51.8 Å². The van der Waals surface area contributed by atoms with Crippen molar-refractivity contribution in [3.63, 3.8) is 0 Å². The van der Waals surface area contributed by atoms with Crippen molar-refractivity contribution in [1.82, 2.24) is 25.1 Å². The van der Waals surface area contributed by atoms with E-state index < -0.39 is 0 Å². The number of ether oxygens (including phenoxy) is 1. The van der Waals surface area contributed by atoms with Crippen molar-refractivity contribution in [2.24, 2.45) is 0 Å². The second-order valence-corrected chi connectivity index (χ2v) is 6.57. The van der Waals surface area contributed by atoms with Crippen LogP contribution in [0.25, 0.3) is 11.0 Å². The van der Waals surface area contributed by atoms with Crippen LogP contribution in [0.4, 0.5) is 5.82 Å². The second kappa shape index (κ2) is 8.39. The molecule has 3 heterocycles. The van der Waals surface area contributed by atoms with E-state index >= 15 is 0 Å². The number of nitrogens with one attached hydrogen (secondary N) is 1. The number of nitrogens with two attached hydrogens (primary N) is 1. The van der Waals surface area contributed by atoms with Crippen molar-refractivity contribution in [3.8, 4) is 0 Å². The minimum atomic E-state index is 0.362. The fourth-order valence-corrected chi connectivity index (χ4v) is 3.38. The van der Waals surface area contributed by atoms with Crippen LogP contribution in [0.2, 0.25) is 0 Å². The van der Waals surface area contributed by atoms with Gasteiger partial charge in [-0.15, -0.1) is 0 Å². The lowest BCUT2D eigenvalue weighted by Gasteiger charge is -2.13. The topological polar surface area (TPSA) is 92.9 Å². The van der Waals surface area contributed by atoms with Crippen molar-refractivity contribution >= 4 is 16.9 Å². The molecule has 132 valence electrons. The van der Waals surface area contributed by atoms with Gasteiger partial charge in [0.2, 0.25) is 0 Å². The zero-order chi connectivity index (χ0) is 16.8. The molecule has 3 N–H and O–H groups in total. The average molecular weight is 332 g/mol. The fraction of sp³-hybridized carbons (Fsp3) is 0.706. The normalized spacial score (nSPS) is 15.5. The summed E-state index contributed by atoms with van der Waals surface area (Å²) in [5.41, 5.74) is 8.52. The molecule has 0 atom stereocenters. The first-order chi connectivity index (χ1) is 11.8. The number of anilines is 1. The van der Waals surface area contributed by atoms with E-state index in [0.29, 0.717) is 23.8 Å². The molecule has 1 fully saturated rings. The van der Waals surface area contributed by atoms with Gasteiger partial charge in [-0.3, -0.25) is 5.10 Å². The maximum Gasteiger partial charge on any atom is 0.157 e. The summed E-state index contributed by atoms with van der Waals surface area (Å²) in [6.07, 6.45) is 8.67. The molecule has 0 saturated carbocycles. The standard InChI is InChI=1S/C17H28N6O/c1-24-12-14-19-15-13(21-22-16(15)17(18)20-14)8-4-2-3-5-9-23-10-6-7-11-23/h2-12H2,1H3,(H,21,22)(H2,18,19,20). The van der Waals surface area contributed by atoms with Crippen molar-refractivity contribution < 1.29 is 4.74 Å². The smallest absolute Gasteiger partial charge is 0.157 e. The Morgan fingerprint density at radius 1 is 1.08 bits per heavy atom. The summed E-state index contributed by atoms with van der Waals surface area (Å²) < 4.78 is 5.10. The molecular weight excluding hydrogens is 304 g/mol. The first kappa shape index (κ1) is 17.1. The largest absolute Gasteiger partial charge is 0.382 e. The van der Waals surface area contributed by atoms with Crippen molar-refractivity contribution in [3.05, 3.63) is 11.5 Å². The number of hydrogen-bond acceptors (Lipinski definition) is 6. The highest BCUT2D eigenvalue weighted by atomic mass is 16.5. The van der Waals surface area contributed by atoms with Gasteiger partial charge in [0.1, 0.15) is 12.1 Å². The number of nitrogen functional groups attached to an aromatic ring is 1. The predicted molar refractivity (Wildman–Crippen MR) is 94.7 cm³/mol. The van der Waals surface area contributed by atoms with Gasteiger partial charge in [-0.05, 0) is 51.7 Å². The van der Waals surface area contributed by atoms with E-state index in [1.165, 1.54) is 51.7 Å². The average Bonchev–Trinajstić information content (AvgIpc) is 3.21. The second-order valence-electron chi connectivity index (χ2n) is 6.57. The number of unbranched alkanes of at least 4 members (excludes halogenated alkanes) is 3. The van der Waals surface area contributed by atoms with Crippen molar-refractivity contribution in [1.29, 1.82) is 0 Å². The molecule has 7 nitrogen and oxygen atoms in total. The lowest BCUT2D eigenvalue weighted by atomic mass is 10.1. The van der Waals surface area contributed by atoms with E-state index in [-0.39, 0.29) is 0 Å². The van der Waals surface area contributed by atoms with Crippen LogP contribution in [0.15, 0.2) is 0 Å². The number of aryl methyl sites for hydroxylation is 1. The molecule has 2 aromatic rings. The van der Waals surface area contributed by atoms with E-state index in [1.54, 1.807) is 7.11 Å². The number of fused-ring (bicyclic) bond motifs is 1. The Hall–Kier alpha value is -1.73. The van der Waals surface area contributed by atoms with Crippen molar-refractivity contribution in [2.75, 3.05) is 32.5 Å². The number of hydrogen-bond donors (Lipinski definition) is 2. The zero-order valence-electron chi connectivity index (χ0n) is 14.6. The highest BCUT2D eigenvalue weighted by molar-refractivity contribution is 5.85. The monoisotopic (exact) mass is 332 g/mol. The van der Waals surface area contributed by atoms with Crippen LogP contribution in [0.3, 0.4) is 0 Å². The fourth-order valence-electron chi connectivity index (χ4n) is 3.38. The Morgan fingerprint density at radius 2 is 1.88 bits per heavy atom. The van der Waals surface area contributed by atoms with Crippen LogP contribution in [0, 0.1) is 0 Å². The van der Waals surface area contributed by atoms with Gasteiger partial charge in [-0.1, -0.05) is 12.8 Å². The Labute approximate surface area is 143 Å². The molecule has 0 bridgehead atoms. The summed E-state index contributed by atoms with van der Waals surface area (Å²) >= 11 is 0. The number of aromatic nitrogens is 4. The van der Waals surface area contributed by atoms with Gasteiger partial charge < -0.3 is 15.4 Å². The van der Waals surface area contributed by atoms with Crippen LogP contribution < -0.4 is 5.73 Å². The number of aromatic amines is 1. The number of rotatable bonds is 9. The van der Waals surface area contributed by atoms with E-state index in [4.69, 9.17) is 10.5 Å². The first-order valence-electron chi connectivity index (χ1n) is 8.98. The minimum Gasteiger partial charge on any atom is -0.382 e. The molecule has 1 aliphatic heterocycles.